The fourth-order valence-corrected chi connectivity index (χ4v) is 4.46. The Morgan fingerprint density at radius 1 is 0.243 bits per heavy atom. The second kappa shape index (κ2) is 49.6. The van der Waals surface area contributed by atoms with Crippen LogP contribution in [-0.2, 0) is 21.1 Å². The van der Waals surface area contributed by atoms with Gasteiger partial charge in [-0.25, -0.2) is 0 Å². The second-order valence-electron chi connectivity index (χ2n) is 11.0. The van der Waals surface area contributed by atoms with Gasteiger partial charge in [-0.1, -0.05) is 194 Å². The average molecular weight is 692 g/mol. The molecule has 0 amide bonds. The predicted molar refractivity (Wildman–Crippen MR) is 172 cm³/mol. The molecule has 0 bridgehead atoms. The van der Waals surface area contributed by atoms with Crippen LogP contribution in [0.3, 0.4) is 0 Å². The molecule has 37 heavy (non-hydrogen) atoms. The summed E-state index contributed by atoms with van der Waals surface area (Å²) in [6.07, 6.45) is 41.7. The molecule has 1 heteroatoms. The minimum Gasteiger partial charge on any atom is -0.343 e. The predicted octanol–water partition coefficient (Wildman–Crippen LogP) is 14.2. The van der Waals surface area contributed by atoms with Crippen molar-refractivity contribution in [3.05, 3.63) is 20.8 Å². The van der Waals surface area contributed by atoms with Gasteiger partial charge in [0.25, 0.3) is 0 Å². The zero-order valence-corrected chi connectivity index (χ0v) is 29.7. The topological polar surface area (TPSA) is 0 Å². The first-order valence-corrected chi connectivity index (χ1v) is 17.1. The van der Waals surface area contributed by atoms with Crippen LogP contribution in [0.25, 0.3) is 0 Å². The van der Waals surface area contributed by atoms with E-state index in [9.17, 15) is 0 Å². The normalized spacial score (nSPS) is 10.2. The molecule has 0 saturated heterocycles. The first-order chi connectivity index (χ1) is 17.7. The van der Waals surface area contributed by atoms with Gasteiger partial charge in [-0.15, -0.1) is 0 Å². The van der Waals surface area contributed by atoms with Crippen LogP contribution in [0.1, 0.15) is 213 Å². The molecular weight excluding hydrogens is 616 g/mol. The van der Waals surface area contributed by atoms with E-state index in [2.05, 4.69) is 41.5 Å². The van der Waals surface area contributed by atoms with Crippen molar-refractivity contribution in [1.29, 1.82) is 0 Å². The SMILES string of the molecule is [CH2-]CCCCCCCCCCC.[CH2-]CCCCCCCCCCC.[CH2-]CCCCCCCCCCC.[W]. The first-order valence-electron chi connectivity index (χ1n) is 17.1. The van der Waals surface area contributed by atoms with Crippen molar-refractivity contribution in [1.82, 2.24) is 0 Å². The van der Waals surface area contributed by atoms with Gasteiger partial charge in [-0.3, -0.25) is 0 Å². The molecule has 0 heterocycles. The summed E-state index contributed by atoms with van der Waals surface area (Å²) in [4.78, 5) is 0. The molecule has 0 spiro atoms. The molecule has 0 aromatic rings. The van der Waals surface area contributed by atoms with Gasteiger partial charge < -0.3 is 20.8 Å². The van der Waals surface area contributed by atoms with E-state index in [0.717, 1.165) is 19.3 Å². The minimum atomic E-state index is 0. The molecule has 0 aromatic carbocycles. The molecule has 0 aromatic heterocycles. The maximum Gasteiger partial charge on any atom is 0 e. The van der Waals surface area contributed by atoms with Crippen LogP contribution in [0.2, 0.25) is 0 Å². The molecule has 0 nitrogen and oxygen atoms in total. The van der Waals surface area contributed by atoms with Gasteiger partial charge in [-0.05, 0) is 0 Å². The summed E-state index contributed by atoms with van der Waals surface area (Å²) >= 11 is 0. The monoisotopic (exact) mass is 692 g/mol. The summed E-state index contributed by atoms with van der Waals surface area (Å²) in [6, 6.07) is 0. The fraction of sp³-hybridized carbons (Fsp3) is 0.917. The second-order valence-corrected chi connectivity index (χ2v) is 11.0. The van der Waals surface area contributed by atoms with E-state index in [1.165, 1.54) is 173 Å². The van der Waals surface area contributed by atoms with Crippen molar-refractivity contribution in [3.8, 4) is 0 Å². The van der Waals surface area contributed by atoms with Crippen molar-refractivity contribution < 1.29 is 21.1 Å². The number of rotatable bonds is 27. The maximum atomic E-state index is 3.84. The van der Waals surface area contributed by atoms with Crippen molar-refractivity contribution in [3.63, 3.8) is 0 Å². The molecule has 0 aliphatic heterocycles. The van der Waals surface area contributed by atoms with Crippen LogP contribution < -0.4 is 0 Å². The van der Waals surface area contributed by atoms with Crippen LogP contribution >= 0.6 is 0 Å². The third-order valence-corrected chi connectivity index (χ3v) is 7.06. The molecule has 0 radical (unpaired) electrons. The Kier molecular flexibility index (Phi) is 59.9. The third-order valence-electron chi connectivity index (χ3n) is 7.06. The molecule has 0 aliphatic rings. The van der Waals surface area contributed by atoms with Crippen molar-refractivity contribution in [2.45, 2.75) is 213 Å². The first kappa shape index (κ1) is 44.7. The fourth-order valence-electron chi connectivity index (χ4n) is 4.46. The van der Waals surface area contributed by atoms with Gasteiger partial charge in [0.1, 0.15) is 0 Å². The van der Waals surface area contributed by atoms with Gasteiger partial charge in [0, 0.05) is 21.1 Å². The molecule has 0 unspecified atom stereocenters. The Balaban J connectivity index is -0.000000218. The standard InChI is InChI=1S/3C12H25.W/c3*1-3-5-7-9-11-12-10-8-6-4-2;/h3*1,3-12H2,2H3;/q3*-1;. The zero-order valence-electron chi connectivity index (χ0n) is 26.7. The van der Waals surface area contributed by atoms with E-state index in [1.807, 2.05) is 0 Å². The summed E-state index contributed by atoms with van der Waals surface area (Å²) in [5.41, 5.74) is 0. The van der Waals surface area contributed by atoms with Gasteiger partial charge >= 0.3 is 0 Å². The quantitative estimate of drug-likeness (QED) is 0.0594. The average Bonchev–Trinajstić information content (AvgIpc) is 2.90. The van der Waals surface area contributed by atoms with Gasteiger partial charge in [0.15, 0.2) is 0 Å². The Labute approximate surface area is 254 Å². The molecule has 0 saturated carbocycles. The smallest absolute Gasteiger partial charge is 0 e. The number of hydrogen-bond donors (Lipinski definition) is 0. The van der Waals surface area contributed by atoms with Gasteiger partial charge in [0.05, 0.1) is 0 Å². The van der Waals surface area contributed by atoms with Gasteiger partial charge in [0.2, 0.25) is 0 Å². The Morgan fingerprint density at radius 3 is 0.514 bits per heavy atom. The van der Waals surface area contributed by atoms with E-state index in [4.69, 9.17) is 0 Å². The van der Waals surface area contributed by atoms with Gasteiger partial charge in [-0.2, -0.15) is 19.3 Å². The van der Waals surface area contributed by atoms with Crippen molar-refractivity contribution in [2.75, 3.05) is 0 Å². The molecule has 0 N–H and O–H groups in total. The third kappa shape index (κ3) is 57.6. The van der Waals surface area contributed by atoms with E-state index < -0.39 is 0 Å². The van der Waals surface area contributed by atoms with E-state index in [1.54, 1.807) is 0 Å². The molecule has 0 fully saturated rings. The van der Waals surface area contributed by atoms with Crippen LogP contribution in [0.4, 0.5) is 0 Å². The number of unbranched alkanes of at least 4 members (excludes halogenated alkanes) is 27. The maximum absolute atomic E-state index is 3.84. The molecule has 0 atom stereocenters. The van der Waals surface area contributed by atoms with E-state index in [-0.39, 0.29) is 21.1 Å². The van der Waals surface area contributed by atoms with Crippen LogP contribution in [0.5, 0.6) is 0 Å². The Bertz CT molecular complexity index is 223. The summed E-state index contributed by atoms with van der Waals surface area (Å²) < 4.78 is 0. The van der Waals surface area contributed by atoms with Crippen LogP contribution in [0.15, 0.2) is 0 Å². The largest absolute Gasteiger partial charge is 0.343 e. The van der Waals surface area contributed by atoms with E-state index in [0.29, 0.717) is 0 Å². The molecule has 228 valence electrons. The van der Waals surface area contributed by atoms with E-state index >= 15 is 0 Å². The van der Waals surface area contributed by atoms with Crippen molar-refractivity contribution >= 4 is 0 Å². The zero-order chi connectivity index (χ0) is 27.2. The Morgan fingerprint density at radius 2 is 0.378 bits per heavy atom. The Hall–Kier alpha value is 0.688. The summed E-state index contributed by atoms with van der Waals surface area (Å²) in [7, 11) is 0. The summed E-state index contributed by atoms with van der Waals surface area (Å²) in [6.45, 7) is 18.3. The van der Waals surface area contributed by atoms with Crippen LogP contribution in [0, 0.1) is 20.8 Å². The summed E-state index contributed by atoms with van der Waals surface area (Å²) in [5, 5.41) is 0. The molecular formula is C36H75W-3. The van der Waals surface area contributed by atoms with Crippen LogP contribution in [-0.4, -0.2) is 0 Å². The molecule has 0 aliphatic carbocycles. The number of hydrogen-bond acceptors (Lipinski definition) is 0. The molecule has 0 rings (SSSR count). The summed E-state index contributed by atoms with van der Waals surface area (Å²) in [5.74, 6) is 0. The minimum absolute atomic E-state index is 0. The van der Waals surface area contributed by atoms with Crippen molar-refractivity contribution in [2.24, 2.45) is 0 Å².